The van der Waals surface area contributed by atoms with Crippen molar-refractivity contribution in [2.75, 3.05) is 26.2 Å². The number of hydrogen-bond acceptors (Lipinski definition) is 4. The molecule has 0 unspecified atom stereocenters. The lowest BCUT2D eigenvalue weighted by Gasteiger charge is -2.22. The van der Waals surface area contributed by atoms with Gasteiger partial charge in [-0.25, -0.2) is 4.79 Å². The Bertz CT molecular complexity index is 376. The lowest BCUT2D eigenvalue weighted by atomic mass is 10.2. The van der Waals surface area contributed by atoms with Crippen molar-refractivity contribution in [1.29, 1.82) is 0 Å². The van der Waals surface area contributed by atoms with E-state index < -0.39 is 0 Å². The second kappa shape index (κ2) is 7.76. The highest BCUT2D eigenvalue weighted by Gasteiger charge is 2.14. The summed E-state index contributed by atoms with van der Waals surface area (Å²) in [5, 5.41) is 9.48. The minimum atomic E-state index is -0.363. The molecule has 104 valence electrons. The van der Waals surface area contributed by atoms with E-state index in [-0.39, 0.29) is 12.1 Å². The number of amides is 1. The Labute approximate surface area is 113 Å². The van der Waals surface area contributed by atoms with Gasteiger partial charge in [0.15, 0.2) is 0 Å². The molecule has 0 radical (unpaired) electrons. The number of alkyl carbamates (subject to hydrolysis) is 1. The summed E-state index contributed by atoms with van der Waals surface area (Å²) in [6, 6.07) is 9.75. The van der Waals surface area contributed by atoms with E-state index in [1.165, 1.54) is 0 Å². The van der Waals surface area contributed by atoms with E-state index in [9.17, 15) is 4.79 Å². The summed E-state index contributed by atoms with van der Waals surface area (Å²) in [5.41, 5.74) is 0.992. The van der Waals surface area contributed by atoms with Gasteiger partial charge in [-0.2, -0.15) is 0 Å². The SMILES string of the molecule is O=C(NC1CNCCCNC1)OCc1ccccc1. The molecule has 0 aromatic heterocycles. The van der Waals surface area contributed by atoms with Crippen LogP contribution in [-0.4, -0.2) is 38.3 Å². The van der Waals surface area contributed by atoms with Crippen LogP contribution in [0.25, 0.3) is 0 Å². The molecule has 0 bridgehead atoms. The molecule has 1 aliphatic rings. The molecule has 1 aromatic carbocycles. The molecule has 1 saturated heterocycles. The van der Waals surface area contributed by atoms with Gasteiger partial charge in [-0.05, 0) is 25.1 Å². The number of carbonyl (C=O) groups excluding carboxylic acids is 1. The van der Waals surface area contributed by atoms with Gasteiger partial charge < -0.3 is 20.7 Å². The number of nitrogens with one attached hydrogen (secondary N) is 3. The van der Waals surface area contributed by atoms with Crippen molar-refractivity contribution in [1.82, 2.24) is 16.0 Å². The normalized spacial score (nSPS) is 17.3. The van der Waals surface area contributed by atoms with Crippen molar-refractivity contribution in [2.45, 2.75) is 19.1 Å². The number of carbonyl (C=O) groups is 1. The van der Waals surface area contributed by atoms with Crippen LogP contribution in [0.4, 0.5) is 4.79 Å². The molecule has 19 heavy (non-hydrogen) atoms. The maximum Gasteiger partial charge on any atom is 0.407 e. The van der Waals surface area contributed by atoms with E-state index in [0.717, 1.165) is 38.2 Å². The van der Waals surface area contributed by atoms with Gasteiger partial charge in [-0.15, -0.1) is 0 Å². The maximum absolute atomic E-state index is 11.7. The first kappa shape index (κ1) is 13.8. The van der Waals surface area contributed by atoms with Crippen molar-refractivity contribution < 1.29 is 9.53 Å². The molecule has 0 spiro atoms. The topological polar surface area (TPSA) is 62.4 Å². The molecule has 5 nitrogen and oxygen atoms in total. The molecule has 3 N–H and O–H groups in total. The van der Waals surface area contributed by atoms with E-state index in [4.69, 9.17) is 4.74 Å². The van der Waals surface area contributed by atoms with Gasteiger partial charge in [0.05, 0.1) is 6.04 Å². The highest BCUT2D eigenvalue weighted by atomic mass is 16.5. The fourth-order valence-electron chi connectivity index (χ4n) is 2.00. The van der Waals surface area contributed by atoms with Crippen LogP contribution < -0.4 is 16.0 Å². The first-order valence-corrected chi connectivity index (χ1v) is 6.73. The summed E-state index contributed by atoms with van der Waals surface area (Å²) < 4.78 is 5.20. The van der Waals surface area contributed by atoms with Crippen molar-refractivity contribution in [2.24, 2.45) is 0 Å². The zero-order valence-corrected chi connectivity index (χ0v) is 11.0. The largest absolute Gasteiger partial charge is 0.445 e. The van der Waals surface area contributed by atoms with E-state index in [1.54, 1.807) is 0 Å². The monoisotopic (exact) mass is 263 g/mol. The van der Waals surface area contributed by atoms with Crippen LogP contribution in [0, 0.1) is 0 Å². The first-order chi connectivity index (χ1) is 9.34. The summed E-state index contributed by atoms with van der Waals surface area (Å²) in [6.07, 6.45) is 0.753. The summed E-state index contributed by atoms with van der Waals surface area (Å²) in [4.78, 5) is 11.7. The Morgan fingerprint density at radius 3 is 2.58 bits per heavy atom. The Kier molecular flexibility index (Phi) is 5.65. The average molecular weight is 263 g/mol. The molecule has 1 aromatic rings. The number of ether oxygens (including phenoxy) is 1. The van der Waals surface area contributed by atoms with Crippen LogP contribution in [0.5, 0.6) is 0 Å². The van der Waals surface area contributed by atoms with Crippen LogP contribution in [-0.2, 0) is 11.3 Å². The Balaban J connectivity index is 1.71. The smallest absolute Gasteiger partial charge is 0.407 e. The van der Waals surface area contributed by atoms with Crippen LogP contribution >= 0.6 is 0 Å². The van der Waals surface area contributed by atoms with Gasteiger partial charge in [0.1, 0.15) is 6.61 Å². The second-order valence-electron chi connectivity index (χ2n) is 4.66. The second-order valence-corrected chi connectivity index (χ2v) is 4.66. The lowest BCUT2D eigenvalue weighted by Crippen LogP contribution is -2.50. The third-order valence-corrected chi connectivity index (χ3v) is 3.02. The molecule has 1 aliphatic heterocycles. The molecular formula is C14H21N3O2. The third-order valence-electron chi connectivity index (χ3n) is 3.02. The quantitative estimate of drug-likeness (QED) is 0.757. The van der Waals surface area contributed by atoms with E-state index in [0.29, 0.717) is 6.61 Å². The van der Waals surface area contributed by atoms with E-state index in [1.807, 2.05) is 30.3 Å². The Morgan fingerprint density at radius 2 is 1.89 bits per heavy atom. The predicted octanol–water partition coefficient (Wildman–Crippen LogP) is 0.864. The van der Waals surface area contributed by atoms with Gasteiger partial charge in [0.25, 0.3) is 0 Å². The van der Waals surface area contributed by atoms with Crippen molar-refractivity contribution in [3.05, 3.63) is 35.9 Å². The predicted molar refractivity (Wildman–Crippen MR) is 73.9 cm³/mol. The molecule has 0 atom stereocenters. The fourth-order valence-corrected chi connectivity index (χ4v) is 2.00. The van der Waals surface area contributed by atoms with Gasteiger partial charge in [0.2, 0.25) is 0 Å². The van der Waals surface area contributed by atoms with Gasteiger partial charge >= 0.3 is 6.09 Å². The molecule has 1 amide bonds. The molecule has 0 saturated carbocycles. The molecule has 2 rings (SSSR count). The van der Waals surface area contributed by atoms with Gasteiger partial charge in [0, 0.05) is 13.1 Å². The van der Waals surface area contributed by atoms with Crippen LogP contribution in [0.15, 0.2) is 30.3 Å². The number of benzene rings is 1. The molecule has 5 heteroatoms. The standard InChI is InChI=1S/C14H21N3O2/c18-14(19-11-12-5-2-1-3-6-12)17-13-9-15-7-4-8-16-10-13/h1-3,5-6,13,15-16H,4,7-11H2,(H,17,18). The number of rotatable bonds is 3. The minimum Gasteiger partial charge on any atom is -0.445 e. The number of hydrogen-bond donors (Lipinski definition) is 3. The molecular weight excluding hydrogens is 242 g/mol. The van der Waals surface area contributed by atoms with Crippen LogP contribution in [0.3, 0.4) is 0 Å². The van der Waals surface area contributed by atoms with Crippen LogP contribution in [0.1, 0.15) is 12.0 Å². The van der Waals surface area contributed by atoms with Crippen molar-refractivity contribution in [3.63, 3.8) is 0 Å². The summed E-state index contributed by atoms with van der Waals surface area (Å²) in [7, 11) is 0. The van der Waals surface area contributed by atoms with Crippen molar-refractivity contribution >= 4 is 6.09 Å². The average Bonchev–Trinajstić information content (AvgIpc) is 2.41. The first-order valence-electron chi connectivity index (χ1n) is 6.73. The highest BCUT2D eigenvalue weighted by Crippen LogP contribution is 2.00. The lowest BCUT2D eigenvalue weighted by molar-refractivity contribution is 0.135. The zero-order chi connectivity index (χ0) is 13.3. The van der Waals surface area contributed by atoms with E-state index in [2.05, 4.69) is 16.0 Å². The third kappa shape index (κ3) is 5.28. The summed E-state index contributed by atoms with van der Waals surface area (Å²) in [6.45, 7) is 3.80. The van der Waals surface area contributed by atoms with Gasteiger partial charge in [-0.1, -0.05) is 30.3 Å². The zero-order valence-electron chi connectivity index (χ0n) is 11.0. The van der Waals surface area contributed by atoms with E-state index >= 15 is 0 Å². The van der Waals surface area contributed by atoms with Crippen LogP contribution in [0.2, 0.25) is 0 Å². The van der Waals surface area contributed by atoms with Crippen molar-refractivity contribution in [3.8, 4) is 0 Å². The highest BCUT2D eigenvalue weighted by molar-refractivity contribution is 5.67. The fraction of sp³-hybridized carbons (Fsp3) is 0.500. The molecule has 1 fully saturated rings. The minimum absolute atomic E-state index is 0.0728. The summed E-state index contributed by atoms with van der Waals surface area (Å²) in [5.74, 6) is 0. The maximum atomic E-state index is 11.7. The molecule has 0 aliphatic carbocycles. The Hall–Kier alpha value is -1.59. The van der Waals surface area contributed by atoms with Gasteiger partial charge in [-0.3, -0.25) is 0 Å². The summed E-state index contributed by atoms with van der Waals surface area (Å²) >= 11 is 0. The Morgan fingerprint density at radius 1 is 1.21 bits per heavy atom. The molecule has 1 heterocycles.